The van der Waals surface area contributed by atoms with Crippen molar-refractivity contribution in [3.63, 3.8) is 0 Å². The fourth-order valence-corrected chi connectivity index (χ4v) is 2.99. The predicted molar refractivity (Wildman–Crippen MR) is 102 cm³/mol. The highest BCUT2D eigenvalue weighted by atomic mass is 35.5. The van der Waals surface area contributed by atoms with E-state index in [1.807, 2.05) is 35.8 Å². The van der Waals surface area contributed by atoms with Crippen molar-refractivity contribution in [3.05, 3.63) is 53.3 Å². The van der Waals surface area contributed by atoms with Crippen LogP contribution in [-0.4, -0.2) is 25.4 Å². The molecule has 1 atom stereocenters. The van der Waals surface area contributed by atoms with Crippen molar-refractivity contribution in [1.29, 1.82) is 0 Å². The smallest absolute Gasteiger partial charge is 0.243 e. The summed E-state index contributed by atoms with van der Waals surface area (Å²) in [6, 6.07) is 7.51. The van der Waals surface area contributed by atoms with Gasteiger partial charge in [0.2, 0.25) is 5.91 Å². The number of halogens is 1. The molecule has 3 rings (SSSR count). The highest BCUT2D eigenvalue weighted by Gasteiger charge is 2.21. The van der Waals surface area contributed by atoms with Crippen LogP contribution in [0.3, 0.4) is 0 Å². The third kappa shape index (κ3) is 4.02. The number of para-hydroxylation sites is 2. The van der Waals surface area contributed by atoms with Crippen molar-refractivity contribution in [2.24, 2.45) is 5.92 Å². The van der Waals surface area contributed by atoms with E-state index >= 15 is 0 Å². The number of carbonyl (C=O) groups excluding carboxylic acids is 1. The average molecular weight is 372 g/mol. The molecule has 0 unspecified atom stereocenters. The Bertz CT molecular complexity index is 904. The number of carbonyl (C=O) groups is 1. The molecule has 6 nitrogen and oxygen atoms in total. The first-order valence-electron chi connectivity index (χ1n) is 8.65. The van der Waals surface area contributed by atoms with E-state index in [2.05, 4.69) is 29.1 Å². The summed E-state index contributed by atoms with van der Waals surface area (Å²) in [6.45, 7) is 6.43. The molecule has 2 aromatic heterocycles. The molecule has 2 heterocycles. The molecule has 0 saturated carbocycles. The van der Waals surface area contributed by atoms with Gasteiger partial charge in [0.25, 0.3) is 0 Å². The van der Waals surface area contributed by atoms with Crippen molar-refractivity contribution in [3.8, 4) is 0 Å². The van der Waals surface area contributed by atoms with E-state index in [0.29, 0.717) is 16.8 Å². The summed E-state index contributed by atoms with van der Waals surface area (Å²) in [7, 11) is 0. The number of nitrogens with one attached hydrogen (secondary N) is 1. The topological polar surface area (TPSA) is 72.7 Å². The number of fused-ring (bicyclic) bond motifs is 1. The van der Waals surface area contributed by atoms with Crippen LogP contribution in [0.2, 0.25) is 5.02 Å². The van der Waals surface area contributed by atoms with Gasteiger partial charge in [0.15, 0.2) is 0 Å². The van der Waals surface area contributed by atoms with Gasteiger partial charge in [-0.05, 0) is 25.0 Å². The van der Waals surface area contributed by atoms with Crippen LogP contribution in [0.1, 0.15) is 38.5 Å². The summed E-state index contributed by atoms with van der Waals surface area (Å²) in [5.74, 6) is 1.79. The largest absolute Gasteiger partial charge is 0.347 e. The second kappa shape index (κ2) is 7.83. The Morgan fingerprint density at radius 1 is 1.19 bits per heavy atom. The first-order chi connectivity index (χ1) is 12.5. The number of rotatable bonds is 6. The van der Waals surface area contributed by atoms with Gasteiger partial charge in [0, 0.05) is 18.8 Å². The lowest BCUT2D eigenvalue weighted by Gasteiger charge is -2.18. The molecule has 1 aromatic carbocycles. The minimum Gasteiger partial charge on any atom is -0.347 e. The molecule has 0 saturated heterocycles. The monoisotopic (exact) mass is 371 g/mol. The zero-order chi connectivity index (χ0) is 18.7. The zero-order valence-electron chi connectivity index (χ0n) is 15.1. The van der Waals surface area contributed by atoms with Crippen molar-refractivity contribution >= 4 is 28.5 Å². The number of amides is 1. The van der Waals surface area contributed by atoms with Gasteiger partial charge in [0.05, 0.1) is 22.6 Å². The molecule has 0 bridgehead atoms. The SMILES string of the molecule is CC(C)Cc1nc2ccccc2n1[C@H](C)C(=O)NCc1ncc(Cl)cn1. The van der Waals surface area contributed by atoms with Gasteiger partial charge in [-0.3, -0.25) is 4.79 Å². The number of benzene rings is 1. The standard InChI is InChI=1S/C19H22ClN5O/c1-12(2)8-18-24-15-6-4-5-7-16(15)25(18)13(3)19(26)23-11-17-21-9-14(20)10-22-17/h4-7,9-10,12-13H,8,11H2,1-3H3,(H,23,26)/t13-/m1/s1. The van der Waals surface area contributed by atoms with Crippen LogP contribution in [0.5, 0.6) is 0 Å². The first-order valence-corrected chi connectivity index (χ1v) is 9.03. The number of hydrogen-bond donors (Lipinski definition) is 1. The van der Waals surface area contributed by atoms with Gasteiger partial charge >= 0.3 is 0 Å². The van der Waals surface area contributed by atoms with Crippen LogP contribution >= 0.6 is 11.6 Å². The number of imidazole rings is 1. The van der Waals surface area contributed by atoms with Gasteiger partial charge in [0.1, 0.15) is 17.7 Å². The lowest BCUT2D eigenvalue weighted by Crippen LogP contribution is -2.32. The second-order valence-corrected chi connectivity index (χ2v) is 7.13. The summed E-state index contributed by atoms with van der Waals surface area (Å²) >= 11 is 5.78. The van der Waals surface area contributed by atoms with Gasteiger partial charge in [-0.15, -0.1) is 0 Å². The Labute approximate surface area is 157 Å². The summed E-state index contributed by atoms with van der Waals surface area (Å²) in [4.78, 5) is 25.7. The van der Waals surface area contributed by atoms with E-state index in [9.17, 15) is 4.79 Å². The Hall–Kier alpha value is -2.47. The molecule has 0 aliphatic rings. The Morgan fingerprint density at radius 3 is 2.58 bits per heavy atom. The summed E-state index contributed by atoms with van der Waals surface area (Å²) < 4.78 is 2.02. The van der Waals surface area contributed by atoms with Crippen LogP contribution < -0.4 is 5.32 Å². The van der Waals surface area contributed by atoms with E-state index in [-0.39, 0.29) is 18.5 Å². The van der Waals surface area contributed by atoms with Crippen LogP contribution in [0.15, 0.2) is 36.7 Å². The van der Waals surface area contributed by atoms with Crippen molar-refractivity contribution < 1.29 is 4.79 Å². The predicted octanol–water partition coefficient (Wildman–Crippen LogP) is 3.56. The zero-order valence-corrected chi connectivity index (χ0v) is 15.9. The summed E-state index contributed by atoms with van der Waals surface area (Å²) in [6.07, 6.45) is 3.85. The van der Waals surface area contributed by atoms with E-state index in [4.69, 9.17) is 16.6 Å². The van der Waals surface area contributed by atoms with Crippen LogP contribution in [-0.2, 0) is 17.8 Å². The molecule has 0 spiro atoms. The average Bonchev–Trinajstić information content (AvgIpc) is 2.97. The third-order valence-corrected chi connectivity index (χ3v) is 4.32. The van der Waals surface area contributed by atoms with E-state index in [0.717, 1.165) is 23.3 Å². The summed E-state index contributed by atoms with van der Waals surface area (Å²) in [5, 5.41) is 3.37. The Morgan fingerprint density at radius 2 is 1.88 bits per heavy atom. The molecule has 3 aromatic rings. The second-order valence-electron chi connectivity index (χ2n) is 6.70. The van der Waals surface area contributed by atoms with Crippen molar-refractivity contribution in [2.45, 2.75) is 39.8 Å². The van der Waals surface area contributed by atoms with Crippen LogP contribution in [0.25, 0.3) is 11.0 Å². The van der Waals surface area contributed by atoms with Gasteiger partial charge in [-0.2, -0.15) is 0 Å². The molecule has 136 valence electrons. The molecule has 1 amide bonds. The van der Waals surface area contributed by atoms with Crippen LogP contribution in [0, 0.1) is 5.92 Å². The molecule has 7 heteroatoms. The highest BCUT2D eigenvalue weighted by molar-refractivity contribution is 6.30. The van der Waals surface area contributed by atoms with Gasteiger partial charge < -0.3 is 9.88 Å². The Kier molecular flexibility index (Phi) is 5.52. The van der Waals surface area contributed by atoms with Gasteiger partial charge in [-0.25, -0.2) is 15.0 Å². The highest BCUT2D eigenvalue weighted by Crippen LogP contribution is 2.23. The van der Waals surface area contributed by atoms with Crippen molar-refractivity contribution in [1.82, 2.24) is 24.8 Å². The fourth-order valence-electron chi connectivity index (χ4n) is 2.90. The quantitative estimate of drug-likeness (QED) is 0.719. The normalized spacial score (nSPS) is 12.5. The Balaban J connectivity index is 1.82. The lowest BCUT2D eigenvalue weighted by molar-refractivity contribution is -0.124. The molecular formula is C19H22ClN5O. The minimum absolute atomic E-state index is 0.100. The van der Waals surface area contributed by atoms with Crippen LogP contribution in [0.4, 0.5) is 0 Å². The lowest BCUT2D eigenvalue weighted by atomic mass is 10.1. The molecule has 0 fully saturated rings. The van der Waals surface area contributed by atoms with E-state index < -0.39 is 0 Å². The van der Waals surface area contributed by atoms with Gasteiger partial charge in [-0.1, -0.05) is 37.6 Å². The molecule has 26 heavy (non-hydrogen) atoms. The minimum atomic E-state index is -0.386. The van der Waals surface area contributed by atoms with E-state index in [1.165, 1.54) is 12.4 Å². The molecular weight excluding hydrogens is 350 g/mol. The maximum Gasteiger partial charge on any atom is 0.243 e. The van der Waals surface area contributed by atoms with Crippen molar-refractivity contribution in [2.75, 3.05) is 0 Å². The van der Waals surface area contributed by atoms with E-state index in [1.54, 1.807) is 0 Å². The molecule has 0 radical (unpaired) electrons. The number of aromatic nitrogens is 4. The molecule has 0 aliphatic carbocycles. The first kappa shape index (κ1) is 18.3. The molecule has 0 aliphatic heterocycles. The number of nitrogens with zero attached hydrogens (tertiary/aromatic N) is 4. The summed E-state index contributed by atoms with van der Waals surface area (Å²) in [5.41, 5.74) is 1.87. The fraction of sp³-hybridized carbons (Fsp3) is 0.368. The number of hydrogen-bond acceptors (Lipinski definition) is 4. The maximum absolute atomic E-state index is 12.7. The maximum atomic E-state index is 12.7. The third-order valence-electron chi connectivity index (χ3n) is 4.12. The molecule has 1 N–H and O–H groups in total.